The topological polar surface area (TPSA) is 17.1 Å². The number of carbonyl (C=O) groups is 1. The fraction of sp³-hybridized carbons (Fsp3) is 0.533. The van der Waals surface area contributed by atoms with Crippen molar-refractivity contribution < 1.29 is 4.79 Å². The summed E-state index contributed by atoms with van der Waals surface area (Å²) in [7, 11) is 0. The van der Waals surface area contributed by atoms with Gasteiger partial charge in [-0.15, -0.1) is 0 Å². The molecule has 1 aromatic rings. The number of hydrogen-bond donors (Lipinski definition) is 0. The number of thioether (sulfide) groups is 1. The van der Waals surface area contributed by atoms with Gasteiger partial charge >= 0.3 is 0 Å². The smallest absolute Gasteiger partial charge is 0.192 e. The summed E-state index contributed by atoms with van der Waals surface area (Å²) in [4.78, 5) is 12.0. The fourth-order valence-electron chi connectivity index (χ4n) is 2.35. The molecule has 1 fully saturated rings. The minimum Gasteiger partial charge on any atom is -0.287 e. The molecule has 3 atom stereocenters. The first-order valence-electron chi connectivity index (χ1n) is 6.45. The standard InChI is InChI=1S/C15H20OS/c1-3-11(2)14-10-13(15(16)17-14)9-12-7-5-4-6-8-12/h4-8,11,13-14H,3,9-10H2,1-2H3/t11-,13-,14-/m0/s1. The van der Waals surface area contributed by atoms with Gasteiger partial charge in [0.15, 0.2) is 5.12 Å². The summed E-state index contributed by atoms with van der Waals surface area (Å²) in [6.07, 6.45) is 3.15. The molecule has 0 radical (unpaired) electrons. The SMILES string of the molecule is CC[C@H](C)[C@@H]1C[C@H](Cc2ccccc2)C(=O)S1. The minimum absolute atomic E-state index is 0.237. The largest absolute Gasteiger partial charge is 0.287 e. The molecule has 0 saturated carbocycles. The van der Waals surface area contributed by atoms with E-state index in [0.717, 1.165) is 12.8 Å². The maximum Gasteiger partial charge on any atom is 0.192 e. The quantitative estimate of drug-likeness (QED) is 0.803. The van der Waals surface area contributed by atoms with E-state index in [0.29, 0.717) is 16.3 Å². The molecule has 0 spiro atoms. The fourth-order valence-corrected chi connectivity index (χ4v) is 3.77. The molecule has 2 rings (SSSR count). The van der Waals surface area contributed by atoms with Gasteiger partial charge in [-0.2, -0.15) is 0 Å². The molecule has 0 aromatic heterocycles. The summed E-state index contributed by atoms with van der Waals surface area (Å²) < 4.78 is 0. The van der Waals surface area contributed by atoms with E-state index in [4.69, 9.17) is 0 Å². The molecule has 92 valence electrons. The molecule has 1 aliphatic rings. The third kappa shape index (κ3) is 3.12. The van der Waals surface area contributed by atoms with Gasteiger partial charge in [-0.3, -0.25) is 4.79 Å². The maximum atomic E-state index is 12.0. The maximum absolute atomic E-state index is 12.0. The Morgan fingerprint density at radius 1 is 1.35 bits per heavy atom. The van der Waals surface area contributed by atoms with Gasteiger partial charge in [-0.05, 0) is 24.3 Å². The van der Waals surface area contributed by atoms with Crippen LogP contribution in [0.4, 0.5) is 0 Å². The van der Waals surface area contributed by atoms with E-state index in [1.54, 1.807) is 11.8 Å². The van der Waals surface area contributed by atoms with Gasteiger partial charge in [0, 0.05) is 11.2 Å². The average molecular weight is 248 g/mol. The summed E-state index contributed by atoms with van der Waals surface area (Å²) in [5.41, 5.74) is 1.29. The van der Waals surface area contributed by atoms with E-state index < -0.39 is 0 Å². The number of carbonyl (C=O) groups excluding carboxylic acids is 1. The molecule has 0 bridgehead atoms. The Morgan fingerprint density at radius 2 is 2.06 bits per heavy atom. The van der Waals surface area contributed by atoms with E-state index in [2.05, 4.69) is 26.0 Å². The number of hydrogen-bond acceptors (Lipinski definition) is 2. The summed E-state index contributed by atoms with van der Waals surface area (Å²) in [6, 6.07) is 10.4. The molecule has 1 aromatic carbocycles. The predicted octanol–water partition coefficient (Wildman–Crippen LogP) is 3.92. The Bertz CT molecular complexity index is 374. The van der Waals surface area contributed by atoms with Crippen LogP contribution in [0.3, 0.4) is 0 Å². The Hall–Kier alpha value is -0.760. The average Bonchev–Trinajstić information content (AvgIpc) is 2.71. The zero-order chi connectivity index (χ0) is 12.3. The molecular formula is C15H20OS. The zero-order valence-corrected chi connectivity index (χ0v) is 11.4. The van der Waals surface area contributed by atoms with Crippen LogP contribution < -0.4 is 0 Å². The first kappa shape index (κ1) is 12.7. The van der Waals surface area contributed by atoms with E-state index >= 15 is 0 Å². The Morgan fingerprint density at radius 3 is 2.71 bits per heavy atom. The van der Waals surface area contributed by atoms with Crippen LogP contribution in [0.2, 0.25) is 0 Å². The van der Waals surface area contributed by atoms with Crippen molar-refractivity contribution in [2.45, 2.75) is 38.4 Å². The van der Waals surface area contributed by atoms with Crippen LogP contribution in [0.1, 0.15) is 32.3 Å². The van der Waals surface area contributed by atoms with Crippen molar-refractivity contribution in [3.63, 3.8) is 0 Å². The van der Waals surface area contributed by atoms with Crippen LogP contribution >= 0.6 is 11.8 Å². The molecule has 0 amide bonds. The van der Waals surface area contributed by atoms with Crippen LogP contribution in [0.25, 0.3) is 0 Å². The molecule has 2 heteroatoms. The second-order valence-electron chi connectivity index (χ2n) is 4.98. The van der Waals surface area contributed by atoms with E-state index in [-0.39, 0.29) is 5.92 Å². The molecule has 0 unspecified atom stereocenters. The van der Waals surface area contributed by atoms with Gasteiger partial charge in [-0.25, -0.2) is 0 Å². The molecule has 1 saturated heterocycles. The summed E-state index contributed by atoms with van der Waals surface area (Å²) in [6.45, 7) is 4.47. The molecule has 17 heavy (non-hydrogen) atoms. The Kier molecular flexibility index (Phi) is 4.27. The molecule has 1 nitrogen and oxygen atoms in total. The van der Waals surface area contributed by atoms with E-state index in [1.807, 2.05) is 18.2 Å². The van der Waals surface area contributed by atoms with Crippen molar-refractivity contribution in [3.8, 4) is 0 Å². The van der Waals surface area contributed by atoms with Gasteiger partial charge < -0.3 is 0 Å². The monoisotopic (exact) mass is 248 g/mol. The van der Waals surface area contributed by atoms with Crippen LogP contribution in [0.5, 0.6) is 0 Å². The highest BCUT2D eigenvalue weighted by Crippen LogP contribution is 2.39. The third-order valence-corrected chi connectivity index (χ3v) is 5.25. The van der Waals surface area contributed by atoms with Gasteiger partial charge in [-0.1, -0.05) is 62.4 Å². The highest BCUT2D eigenvalue weighted by molar-refractivity contribution is 8.14. The predicted molar refractivity (Wildman–Crippen MR) is 74.1 cm³/mol. The van der Waals surface area contributed by atoms with Gasteiger partial charge in [0.25, 0.3) is 0 Å². The van der Waals surface area contributed by atoms with Crippen molar-refractivity contribution >= 4 is 16.9 Å². The lowest BCUT2D eigenvalue weighted by Crippen LogP contribution is -2.12. The van der Waals surface area contributed by atoms with E-state index in [9.17, 15) is 4.79 Å². The van der Waals surface area contributed by atoms with Crippen LogP contribution in [0, 0.1) is 11.8 Å². The summed E-state index contributed by atoms with van der Waals surface area (Å²) >= 11 is 1.59. The van der Waals surface area contributed by atoms with Gasteiger partial charge in [0.2, 0.25) is 0 Å². The van der Waals surface area contributed by atoms with Crippen molar-refractivity contribution in [1.29, 1.82) is 0 Å². The molecule has 0 N–H and O–H groups in total. The molecule has 0 aliphatic carbocycles. The lowest BCUT2D eigenvalue weighted by molar-refractivity contribution is -0.113. The van der Waals surface area contributed by atoms with Crippen molar-refractivity contribution in [2.24, 2.45) is 11.8 Å². The lowest BCUT2D eigenvalue weighted by atomic mass is 9.91. The molecular weight excluding hydrogens is 228 g/mol. The van der Waals surface area contributed by atoms with Crippen molar-refractivity contribution in [2.75, 3.05) is 0 Å². The van der Waals surface area contributed by atoms with Gasteiger partial charge in [0.05, 0.1) is 0 Å². The van der Waals surface area contributed by atoms with Crippen LogP contribution in [-0.2, 0) is 11.2 Å². The summed E-state index contributed by atoms with van der Waals surface area (Å²) in [5, 5.41) is 0.945. The third-order valence-electron chi connectivity index (χ3n) is 3.72. The molecule has 1 aliphatic heterocycles. The normalized spacial score (nSPS) is 26.1. The zero-order valence-electron chi connectivity index (χ0n) is 10.6. The van der Waals surface area contributed by atoms with E-state index in [1.165, 1.54) is 12.0 Å². The van der Waals surface area contributed by atoms with Crippen molar-refractivity contribution in [1.82, 2.24) is 0 Å². The first-order chi connectivity index (χ1) is 8.20. The van der Waals surface area contributed by atoms with Crippen LogP contribution in [-0.4, -0.2) is 10.4 Å². The second-order valence-corrected chi connectivity index (χ2v) is 6.23. The highest BCUT2D eigenvalue weighted by Gasteiger charge is 2.35. The first-order valence-corrected chi connectivity index (χ1v) is 7.33. The van der Waals surface area contributed by atoms with Crippen molar-refractivity contribution in [3.05, 3.63) is 35.9 Å². The Labute approximate surface area is 108 Å². The van der Waals surface area contributed by atoms with Crippen LogP contribution in [0.15, 0.2) is 30.3 Å². The highest BCUT2D eigenvalue weighted by atomic mass is 32.2. The Balaban J connectivity index is 1.97. The molecule has 1 heterocycles. The number of rotatable bonds is 4. The lowest BCUT2D eigenvalue weighted by Gasteiger charge is -2.15. The minimum atomic E-state index is 0.237. The number of benzene rings is 1. The van der Waals surface area contributed by atoms with Gasteiger partial charge in [0.1, 0.15) is 0 Å². The summed E-state index contributed by atoms with van der Waals surface area (Å²) in [5.74, 6) is 0.895. The second kappa shape index (κ2) is 5.72.